The molecule has 0 heterocycles. The number of ether oxygens (including phenoxy) is 2. The molecule has 0 aliphatic carbocycles. The molecule has 0 saturated heterocycles. The molecule has 0 unspecified atom stereocenters. The second kappa shape index (κ2) is 6.39. The third-order valence-corrected chi connectivity index (χ3v) is 2.54. The molecule has 2 rings (SSSR count). The molecule has 2 aromatic rings. The summed E-state index contributed by atoms with van der Waals surface area (Å²) >= 11 is 0. The van der Waals surface area contributed by atoms with Crippen LogP contribution in [0.1, 0.15) is 17.3 Å². The fourth-order valence-corrected chi connectivity index (χ4v) is 1.59. The second-order valence-corrected chi connectivity index (χ2v) is 4.09. The van der Waals surface area contributed by atoms with Gasteiger partial charge in [-0.15, -0.1) is 0 Å². The van der Waals surface area contributed by atoms with Gasteiger partial charge in [-0.3, -0.25) is 0 Å². The Labute approximate surface area is 117 Å². The topological polar surface area (TPSA) is 59.3 Å². The number of esters is 1. The quantitative estimate of drug-likeness (QED) is 0.795. The van der Waals surface area contributed by atoms with E-state index in [1.165, 1.54) is 6.92 Å². The minimum atomic E-state index is -0.799. The Morgan fingerprint density at radius 2 is 1.75 bits per heavy atom. The number of benzene rings is 2. The zero-order valence-corrected chi connectivity index (χ0v) is 10.9. The Bertz CT molecular complexity index is 632. The lowest BCUT2D eigenvalue weighted by molar-refractivity contribution is 0.0432. The number of hydrogen-bond acceptors (Lipinski definition) is 4. The van der Waals surface area contributed by atoms with E-state index < -0.39 is 12.1 Å². The molecule has 100 valence electrons. The third-order valence-electron chi connectivity index (χ3n) is 2.54. The van der Waals surface area contributed by atoms with Crippen molar-refractivity contribution in [2.75, 3.05) is 0 Å². The Morgan fingerprint density at radius 1 is 1.10 bits per heavy atom. The van der Waals surface area contributed by atoms with Gasteiger partial charge in [-0.05, 0) is 31.2 Å². The van der Waals surface area contributed by atoms with Crippen LogP contribution in [0.5, 0.6) is 11.5 Å². The summed E-state index contributed by atoms with van der Waals surface area (Å²) in [4.78, 5) is 12.0. The van der Waals surface area contributed by atoms with Crippen LogP contribution in [-0.4, -0.2) is 12.1 Å². The SMILES string of the molecule is C[C@H](C#N)OC(=O)c1ccccc1Oc1ccccc1. The average molecular weight is 267 g/mol. The van der Waals surface area contributed by atoms with E-state index in [9.17, 15) is 4.79 Å². The summed E-state index contributed by atoms with van der Waals surface area (Å²) in [5.74, 6) is 0.445. The van der Waals surface area contributed by atoms with E-state index in [-0.39, 0.29) is 0 Å². The molecule has 0 bridgehead atoms. The summed E-state index contributed by atoms with van der Waals surface area (Å²) in [6, 6.07) is 17.8. The molecule has 0 amide bonds. The van der Waals surface area contributed by atoms with Crippen molar-refractivity contribution in [1.29, 1.82) is 5.26 Å². The van der Waals surface area contributed by atoms with Gasteiger partial charge in [0.1, 0.15) is 23.1 Å². The summed E-state index contributed by atoms with van der Waals surface area (Å²) in [6.45, 7) is 1.51. The highest BCUT2D eigenvalue weighted by atomic mass is 16.5. The third kappa shape index (κ3) is 3.36. The Balaban J connectivity index is 2.23. The summed E-state index contributed by atoms with van der Waals surface area (Å²) in [7, 11) is 0. The van der Waals surface area contributed by atoms with Crippen molar-refractivity contribution < 1.29 is 14.3 Å². The maximum Gasteiger partial charge on any atom is 0.343 e. The molecule has 0 radical (unpaired) electrons. The van der Waals surface area contributed by atoms with Crippen LogP contribution in [0.25, 0.3) is 0 Å². The minimum Gasteiger partial charge on any atom is -0.456 e. The first kappa shape index (κ1) is 13.6. The van der Waals surface area contributed by atoms with Gasteiger partial charge in [-0.2, -0.15) is 5.26 Å². The molecule has 0 aliphatic heterocycles. The van der Waals surface area contributed by atoms with Crippen LogP contribution in [0.15, 0.2) is 54.6 Å². The van der Waals surface area contributed by atoms with Gasteiger partial charge >= 0.3 is 5.97 Å². The van der Waals surface area contributed by atoms with E-state index >= 15 is 0 Å². The van der Waals surface area contributed by atoms with Crippen molar-refractivity contribution in [3.8, 4) is 17.6 Å². The number of carbonyl (C=O) groups is 1. The molecule has 20 heavy (non-hydrogen) atoms. The molecular formula is C16H13NO3. The number of nitrogens with zero attached hydrogens (tertiary/aromatic N) is 1. The van der Waals surface area contributed by atoms with Crippen molar-refractivity contribution in [2.45, 2.75) is 13.0 Å². The van der Waals surface area contributed by atoms with Gasteiger partial charge in [0.2, 0.25) is 0 Å². The van der Waals surface area contributed by atoms with Crippen molar-refractivity contribution in [3.63, 3.8) is 0 Å². The summed E-state index contributed by atoms with van der Waals surface area (Å²) in [6.07, 6.45) is -0.799. The molecule has 0 N–H and O–H groups in total. The number of hydrogen-bond donors (Lipinski definition) is 0. The van der Waals surface area contributed by atoms with Crippen molar-refractivity contribution in [3.05, 3.63) is 60.2 Å². The van der Waals surface area contributed by atoms with Crippen LogP contribution in [0, 0.1) is 11.3 Å². The molecule has 0 aromatic heterocycles. The van der Waals surface area contributed by atoms with Crippen molar-refractivity contribution in [2.24, 2.45) is 0 Å². The van der Waals surface area contributed by atoms with E-state index in [0.717, 1.165) is 0 Å². The van der Waals surface area contributed by atoms with Gasteiger partial charge in [0.15, 0.2) is 6.10 Å². The highest BCUT2D eigenvalue weighted by Gasteiger charge is 2.16. The first-order valence-corrected chi connectivity index (χ1v) is 6.13. The zero-order chi connectivity index (χ0) is 14.4. The van der Waals surface area contributed by atoms with Gasteiger partial charge in [0.05, 0.1) is 0 Å². The van der Waals surface area contributed by atoms with Gasteiger partial charge in [-0.25, -0.2) is 4.79 Å². The fourth-order valence-electron chi connectivity index (χ4n) is 1.59. The van der Waals surface area contributed by atoms with Crippen LogP contribution in [0.2, 0.25) is 0 Å². The minimum absolute atomic E-state index is 0.290. The number of nitriles is 1. The largest absolute Gasteiger partial charge is 0.456 e. The predicted octanol–water partition coefficient (Wildman–Crippen LogP) is 3.55. The van der Waals surface area contributed by atoms with E-state index in [4.69, 9.17) is 14.7 Å². The molecule has 0 spiro atoms. The van der Waals surface area contributed by atoms with Crippen molar-refractivity contribution >= 4 is 5.97 Å². The van der Waals surface area contributed by atoms with Crippen LogP contribution >= 0.6 is 0 Å². The Hall–Kier alpha value is -2.80. The van der Waals surface area contributed by atoms with E-state index in [1.54, 1.807) is 36.4 Å². The van der Waals surface area contributed by atoms with Gasteiger partial charge < -0.3 is 9.47 Å². The molecule has 4 nitrogen and oxygen atoms in total. The normalized spacial score (nSPS) is 11.2. The monoisotopic (exact) mass is 267 g/mol. The maximum absolute atomic E-state index is 12.0. The molecule has 2 aromatic carbocycles. The summed E-state index contributed by atoms with van der Waals surface area (Å²) < 4.78 is 10.6. The van der Waals surface area contributed by atoms with Crippen LogP contribution < -0.4 is 4.74 Å². The fraction of sp³-hybridized carbons (Fsp3) is 0.125. The number of para-hydroxylation sites is 2. The van der Waals surface area contributed by atoms with E-state index in [2.05, 4.69) is 0 Å². The molecule has 1 atom stereocenters. The Morgan fingerprint density at radius 3 is 2.45 bits per heavy atom. The highest BCUT2D eigenvalue weighted by Crippen LogP contribution is 2.25. The van der Waals surface area contributed by atoms with Gasteiger partial charge in [0.25, 0.3) is 0 Å². The lowest BCUT2D eigenvalue weighted by Gasteiger charge is -2.11. The molecular weight excluding hydrogens is 254 g/mol. The maximum atomic E-state index is 12.0. The number of carbonyl (C=O) groups excluding carboxylic acids is 1. The first-order chi connectivity index (χ1) is 9.70. The van der Waals surface area contributed by atoms with Crippen molar-refractivity contribution in [1.82, 2.24) is 0 Å². The zero-order valence-electron chi connectivity index (χ0n) is 10.9. The smallest absolute Gasteiger partial charge is 0.343 e. The standard InChI is InChI=1S/C16H13NO3/c1-12(11-17)19-16(18)14-9-5-6-10-15(14)20-13-7-3-2-4-8-13/h2-10,12H,1H3/t12-/m1/s1. The second-order valence-electron chi connectivity index (χ2n) is 4.09. The molecule has 0 fully saturated rings. The molecule has 0 aliphatic rings. The lowest BCUT2D eigenvalue weighted by atomic mass is 10.2. The summed E-state index contributed by atoms with van der Waals surface area (Å²) in [5.41, 5.74) is 0.290. The van der Waals surface area contributed by atoms with E-state index in [0.29, 0.717) is 17.1 Å². The lowest BCUT2D eigenvalue weighted by Crippen LogP contribution is -2.13. The summed E-state index contributed by atoms with van der Waals surface area (Å²) in [5, 5.41) is 8.68. The van der Waals surface area contributed by atoms with Crippen LogP contribution in [0.3, 0.4) is 0 Å². The van der Waals surface area contributed by atoms with Gasteiger partial charge in [0, 0.05) is 0 Å². The number of rotatable bonds is 4. The predicted molar refractivity (Wildman–Crippen MR) is 73.4 cm³/mol. The first-order valence-electron chi connectivity index (χ1n) is 6.13. The van der Waals surface area contributed by atoms with Crippen LogP contribution in [-0.2, 0) is 4.74 Å². The Kier molecular flexibility index (Phi) is 4.35. The van der Waals surface area contributed by atoms with Gasteiger partial charge in [-0.1, -0.05) is 30.3 Å². The van der Waals surface area contributed by atoms with Crippen LogP contribution in [0.4, 0.5) is 0 Å². The molecule has 4 heteroatoms. The average Bonchev–Trinajstić information content (AvgIpc) is 2.48. The highest BCUT2D eigenvalue weighted by molar-refractivity contribution is 5.92. The molecule has 0 saturated carbocycles. The van der Waals surface area contributed by atoms with E-state index in [1.807, 2.05) is 24.3 Å².